The van der Waals surface area contributed by atoms with E-state index in [2.05, 4.69) is 43.2 Å². The number of aliphatic imine (C=N–C) groups is 1. The molecule has 0 fully saturated rings. The van der Waals surface area contributed by atoms with Gasteiger partial charge in [0.05, 0.1) is 0 Å². The second-order valence-electron chi connectivity index (χ2n) is 5.59. The molecule has 0 saturated carbocycles. The van der Waals surface area contributed by atoms with Crippen LogP contribution in [0.3, 0.4) is 0 Å². The summed E-state index contributed by atoms with van der Waals surface area (Å²) in [6, 6.07) is 9.83. The Bertz CT molecular complexity index is 388. The number of halogens is 1. The van der Waals surface area contributed by atoms with E-state index in [1.165, 1.54) is 0 Å². The Kier molecular flexibility index (Phi) is 8.01. The fourth-order valence-electron chi connectivity index (χ4n) is 1.91. The van der Waals surface area contributed by atoms with Crippen molar-refractivity contribution < 1.29 is 0 Å². The number of nitrogens with two attached hydrogens (primary N) is 1. The molecule has 108 valence electrons. The maximum absolute atomic E-state index is 5.87. The summed E-state index contributed by atoms with van der Waals surface area (Å²) in [7, 11) is 4.13. The van der Waals surface area contributed by atoms with Gasteiger partial charge in [-0.05, 0) is 31.6 Å². The Balaban J connectivity index is 0.00000324. The first-order valence-electron chi connectivity index (χ1n) is 6.16. The van der Waals surface area contributed by atoms with Crippen molar-refractivity contribution in [3.63, 3.8) is 0 Å². The summed E-state index contributed by atoms with van der Waals surface area (Å²) >= 11 is 0. The molecule has 0 spiro atoms. The highest BCUT2D eigenvalue weighted by molar-refractivity contribution is 14.0. The molecule has 5 heteroatoms. The first-order valence-corrected chi connectivity index (χ1v) is 6.16. The van der Waals surface area contributed by atoms with Gasteiger partial charge in [0.1, 0.15) is 0 Å². The van der Waals surface area contributed by atoms with Gasteiger partial charge in [0.2, 0.25) is 0 Å². The van der Waals surface area contributed by atoms with E-state index in [9.17, 15) is 0 Å². The van der Waals surface area contributed by atoms with Gasteiger partial charge in [-0.25, -0.2) is 0 Å². The number of anilines is 1. The quantitative estimate of drug-likeness (QED) is 0.472. The third-order valence-corrected chi connectivity index (χ3v) is 2.47. The standard InChI is InChI=1S/C14H24N4.HI/c1-14(2,11-18(3)4)10-16-13(15)17-12-8-6-5-7-9-12;/h5-9H,10-11H2,1-4H3,(H3,15,16,17);1H. The Morgan fingerprint density at radius 1 is 1.26 bits per heavy atom. The predicted molar refractivity (Wildman–Crippen MR) is 94.3 cm³/mol. The number of nitrogens with one attached hydrogen (secondary N) is 1. The molecule has 0 bridgehead atoms. The molecule has 0 radical (unpaired) electrons. The Hall–Kier alpha value is -0.820. The molecule has 0 saturated heterocycles. The number of guanidine groups is 1. The molecule has 1 aromatic rings. The minimum atomic E-state index is 0. The molecule has 0 heterocycles. The minimum absolute atomic E-state index is 0. The second-order valence-corrected chi connectivity index (χ2v) is 5.59. The molecule has 0 atom stereocenters. The third-order valence-electron chi connectivity index (χ3n) is 2.47. The molecule has 19 heavy (non-hydrogen) atoms. The Labute approximate surface area is 133 Å². The van der Waals surface area contributed by atoms with Crippen LogP contribution >= 0.6 is 24.0 Å². The molecule has 1 aromatic carbocycles. The van der Waals surface area contributed by atoms with Gasteiger partial charge in [-0.3, -0.25) is 4.99 Å². The van der Waals surface area contributed by atoms with Crippen molar-refractivity contribution in [3.8, 4) is 0 Å². The van der Waals surface area contributed by atoms with E-state index in [1.807, 2.05) is 30.3 Å². The zero-order chi connectivity index (χ0) is 13.6. The lowest BCUT2D eigenvalue weighted by Gasteiger charge is -2.26. The molecule has 0 aliphatic carbocycles. The molecule has 0 aromatic heterocycles. The van der Waals surface area contributed by atoms with E-state index >= 15 is 0 Å². The van der Waals surface area contributed by atoms with Gasteiger partial charge in [-0.2, -0.15) is 0 Å². The minimum Gasteiger partial charge on any atom is -0.370 e. The van der Waals surface area contributed by atoms with E-state index in [0.29, 0.717) is 12.5 Å². The average Bonchev–Trinajstić information content (AvgIpc) is 2.26. The highest BCUT2D eigenvalue weighted by Gasteiger charge is 2.18. The average molecular weight is 376 g/mol. The number of hydrogen-bond donors (Lipinski definition) is 2. The van der Waals surface area contributed by atoms with E-state index in [1.54, 1.807) is 0 Å². The number of benzene rings is 1. The normalized spacial score (nSPS) is 12.2. The summed E-state index contributed by atoms with van der Waals surface area (Å²) in [4.78, 5) is 6.56. The van der Waals surface area contributed by atoms with E-state index in [0.717, 1.165) is 12.2 Å². The molecule has 3 N–H and O–H groups in total. The van der Waals surface area contributed by atoms with Crippen LogP contribution < -0.4 is 11.1 Å². The zero-order valence-electron chi connectivity index (χ0n) is 12.2. The summed E-state index contributed by atoms with van der Waals surface area (Å²) in [5.74, 6) is 0.466. The fourth-order valence-corrected chi connectivity index (χ4v) is 1.91. The van der Waals surface area contributed by atoms with Crippen molar-refractivity contribution in [3.05, 3.63) is 30.3 Å². The monoisotopic (exact) mass is 376 g/mol. The fraction of sp³-hybridized carbons (Fsp3) is 0.500. The van der Waals surface area contributed by atoms with Gasteiger partial charge >= 0.3 is 0 Å². The lowest BCUT2D eigenvalue weighted by Crippen LogP contribution is -2.32. The van der Waals surface area contributed by atoms with E-state index in [-0.39, 0.29) is 29.4 Å². The van der Waals surface area contributed by atoms with Gasteiger partial charge in [0.15, 0.2) is 5.96 Å². The van der Waals surface area contributed by atoms with Crippen LogP contribution in [0.4, 0.5) is 5.69 Å². The third kappa shape index (κ3) is 8.05. The molecule has 0 unspecified atom stereocenters. The first kappa shape index (κ1) is 18.2. The summed E-state index contributed by atoms with van der Waals surface area (Å²) in [6.07, 6.45) is 0. The number of hydrogen-bond acceptors (Lipinski definition) is 2. The van der Waals surface area contributed by atoms with Gasteiger partial charge in [0, 0.05) is 18.8 Å². The highest BCUT2D eigenvalue weighted by atomic mass is 127. The van der Waals surface area contributed by atoms with Crippen molar-refractivity contribution in [2.45, 2.75) is 13.8 Å². The van der Waals surface area contributed by atoms with Crippen LogP contribution in [0, 0.1) is 5.41 Å². The van der Waals surface area contributed by atoms with Crippen LogP contribution in [-0.2, 0) is 0 Å². The van der Waals surface area contributed by atoms with Crippen LogP contribution in [0.15, 0.2) is 35.3 Å². The second kappa shape index (κ2) is 8.37. The summed E-state index contributed by atoms with van der Waals surface area (Å²) in [6.45, 7) is 6.06. The number of nitrogens with zero attached hydrogens (tertiary/aromatic N) is 2. The molecule has 0 amide bonds. The Morgan fingerprint density at radius 3 is 2.37 bits per heavy atom. The summed E-state index contributed by atoms with van der Waals surface area (Å²) in [5.41, 5.74) is 6.95. The van der Waals surface area contributed by atoms with E-state index < -0.39 is 0 Å². The molecule has 0 aliphatic rings. The van der Waals surface area contributed by atoms with Crippen molar-refractivity contribution in [1.82, 2.24) is 4.90 Å². The van der Waals surface area contributed by atoms with Gasteiger partial charge in [-0.1, -0.05) is 32.0 Å². The van der Waals surface area contributed by atoms with Crippen molar-refractivity contribution >= 4 is 35.6 Å². The number of para-hydroxylation sites is 1. The Morgan fingerprint density at radius 2 is 1.84 bits per heavy atom. The smallest absolute Gasteiger partial charge is 0.193 e. The summed E-state index contributed by atoms with van der Waals surface area (Å²) in [5, 5.41) is 3.08. The molecule has 1 rings (SSSR count). The lowest BCUT2D eigenvalue weighted by molar-refractivity contribution is 0.249. The maximum Gasteiger partial charge on any atom is 0.193 e. The van der Waals surface area contributed by atoms with Gasteiger partial charge < -0.3 is 16.0 Å². The number of rotatable bonds is 5. The maximum atomic E-state index is 5.87. The molecular formula is C14H25IN4. The van der Waals surface area contributed by atoms with Crippen molar-refractivity contribution in [1.29, 1.82) is 0 Å². The largest absolute Gasteiger partial charge is 0.370 e. The highest BCUT2D eigenvalue weighted by Crippen LogP contribution is 2.16. The van der Waals surface area contributed by atoms with Gasteiger partial charge in [-0.15, -0.1) is 24.0 Å². The lowest BCUT2D eigenvalue weighted by atomic mass is 9.93. The zero-order valence-corrected chi connectivity index (χ0v) is 14.5. The van der Waals surface area contributed by atoms with Crippen LogP contribution in [0.25, 0.3) is 0 Å². The van der Waals surface area contributed by atoms with Crippen LogP contribution in [0.2, 0.25) is 0 Å². The summed E-state index contributed by atoms with van der Waals surface area (Å²) < 4.78 is 0. The van der Waals surface area contributed by atoms with Gasteiger partial charge in [0.25, 0.3) is 0 Å². The molecule has 4 nitrogen and oxygen atoms in total. The van der Waals surface area contributed by atoms with Crippen LogP contribution in [0.1, 0.15) is 13.8 Å². The van der Waals surface area contributed by atoms with E-state index in [4.69, 9.17) is 5.73 Å². The predicted octanol–water partition coefficient (Wildman–Crippen LogP) is 2.62. The topological polar surface area (TPSA) is 53.6 Å². The van der Waals surface area contributed by atoms with Crippen molar-refractivity contribution in [2.75, 3.05) is 32.5 Å². The van der Waals surface area contributed by atoms with Crippen LogP contribution in [0.5, 0.6) is 0 Å². The molecule has 0 aliphatic heterocycles. The first-order chi connectivity index (χ1) is 8.39. The van der Waals surface area contributed by atoms with Crippen LogP contribution in [-0.4, -0.2) is 38.0 Å². The SMILES string of the molecule is CN(C)CC(C)(C)CN=C(N)Nc1ccccc1.I. The molecular weight excluding hydrogens is 351 g/mol. The van der Waals surface area contributed by atoms with Crippen molar-refractivity contribution in [2.24, 2.45) is 16.1 Å².